The summed E-state index contributed by atoms with van der Waals surface area (Å²) in [7, 11) is 7.99. The van der Waals surface area contributed by atoms with Gasteiger partial charge in [0.15, 0.2) is 12.1 Å². The Balaban J connectivity index is 0.000000158. The highest BCUT2D eigenvalue weighted by Crippen LogP contribution is 2.38. The Bertz CT molecular complexity index is 1570. The van der Waals surface area contributed by atoms with Gasteiger partial charge in [0.2, 0.25) is 0 Å². The zero-order valence-electron chi connectivity index (χ0n) is 21.5. The highest BCUT2D eigenvalue weighted by atomic mass is 16.5. The molecule has 0 saturated heterocycles. The van der Waals surface area contributed by atoms with Crippen molar-refractivity contribution in [3.8, 4) is 11.5 Å². The van der Waals surface area contributed by atoms with Crippen molar-refractivity contribution in [1.82, 2.24) is 0 Å². The van der Waals surface area contributed by atoms with Crippen LogP contribution in [-0.4, -0.2) is 51.5 Å². The predicted molar refractivity (Wildman–Crippen MR) is 150 cm³/mol. The van der Waals surface area contributed by atoms with E-state index >= 15 is 0 Å². The Hall–Kier alpha value is -4.32. The number of nitrogens with zero attached hydrogens (tertiary/aromatic N) is 2. The molecule has 0 aromatic heterocycles. The maximum absolute atomic E-state index is 11.8. The molecule has 0 amide bonds. The van der Waals surface area contributed by atoms with E-state index in [-0.39, 0.29) is 17.6 Å². The van der Waals surface area contributed by atoms with E-state index in [0.29, 0.717) is 18.3 Å². The Labute approximate surface area is 216 Å². The number of benzene rings is 4. The molecule has 1 atom stereocenters. The third-order valence-corrected chi connectivity index (χ3v) is 6.96. The van der Waals surface area contributed by atoms with Gasteiger partial charge in [0.25, 0.3) is 0 Å². The number of Topliss-reactive ketones (excluding diaryl/α,β-unsaturated/α-hetero) is 1. The van der Waals surface area contributed by atoms with Crippen LogP contribution in [0.15, 0.2) is 66.2 Å². The van der Waals surface area contributed by atoms with Crippen LogP contribution in [0.25, 0.3) is 27.6 Å². The Morgan fingerprint density at radius 2 is 1.46 bits per heavy atom. The van der Waals surface area contributed by atoms with Crippen LogP contribution >= 0.6 is 0 Å². The predicted octanol–water partition coefficient (Wildman–Crippen LogP) is 5.84. The molecule has 4 aromatic rings. The molecule has 188 valence electrons. The molecule has 0 bridgehead atoms. The monoisotopic (exact) mass is 494 g/mol. The van der Waals surface area contributed by atoms with E-state index in [0.717, 1.165) is 39.8 Å². The third-order valence-electron chi connectivity index (χ3n) is 6.96. The SMILES string of the molecule is CN(C)c1ccc2cc(C=O)c(O)cc2c1.CN(C)c1ccc2cc3c(cc2c1)OC1CCC(=O)C1=C3. The van der Waals surface area contributed by atoms with Crippen LogP contribution in [-0.2, 0) is 4.79 Å². The van der Waals surface area contributed by atoms with Crippen LogP contribution in [0, 0.1) is 0 Å². The molecule has 6 rings (SSSR count). The molecule has 1 aliphatic heterocycles. The second kappa shape index (κ2) is 9.62. The molecule has 6 nitrogen and oxygen atoms in total. The molecule has 1 unspecified atom stereocenters. The second-order valence-corrected chi connectivity index (χ2v) is 9.94. The van der Waals surface area contributed by atoms with Crippen LogP contribution in [0.1, 0.15) is 28.8 Å². The molecule has 37 heavy (non-hydrogen) atoms. The van der Waals surface area contributed by atoms with Crippen molar-refractivity contribution in [1.29, 1.82) is 0 Å². The average Bonchev–Trinajstić information content (AvgIpc) is 3.24. The number of aldehydes is 1. The number of hydrogen-bond acceptors (Lipinski definition) is 6. The Kier molecular flexibility index (Phi) is 6.34. The number of phenols is 1. The van der Waals surface area contributed by atoms with Gasteiger partial charge < -0.3 is 19.6 Å². The second-order valence-electron chi connectivity index (χ2n) is 9.94. The quantitative estimate of drug-likeness (QED) is 0.361. The summed E-state index contributed by atoms with van der Waals surface area (Å²) in [5.74, 6) is 1.15. The zero-order valence-corrected chi connectivity index (χ0v) is 21.5. The minimum absolute atomic E-state index is 0.0263. The fourth-order valence-corrected chi connectivity index (χ4v) is 4.80. The maximum Gasteiger partial charge on any atom is 0.162 e. The Morgan fingerprint density at radius 1 is 0.838 bits per heavy atom. The van der Waals surface area contributed by atoms with E-state index in [1.54, 1.807) is 12.1 Å². The summed E-state index contributed by atoms with van der Waals surface area (Å²) in [5.41, 5.74) is 4.41. The van der Waals surface area contributed by atoms with Crippen molar-refractivity contribution in [2.24, 2.45) is 0 Å². The van der Waals surface area contributed by atoms with Gasteiger partial charge >= 0.3 is 0 Å². The molecular weight excluding hydrogens is 464 g/mol. The fourth-order valence-electron chi connectivity index (χ4n) is 4.80. The summed E-state index contributed by atoms with van der Waals surface area (Å²) in [4.78, 5) is 26.6. The van der Waals surface area contributed by atoms with E-state index in [4.69, 9.17) is 4.74 Å². The Morgan fingerprint density at radius 3 is 2.08 bits per heavy atom. The summed E-state index contributed by atoms with van der Waals surface area (Å²) in [5, 5.41) is 13.8. The number of hydrogen-bond donors (Lipinski definition) is 1. The van der Waals surface area contributed by atoms with Gasteiger partial charge in [0.1, 0.15) is 17.6 Å². The van der Waals surface area contributed by atoms with Crippen molar-refractivity contribution < 1.29 is 19.4 Å². The molecule has 6 heteroatoms. The number of rotatable bonds is 3. The molecule has 1 aliphatic carbocycles. The van der Waals surface area contributed by atoms with Gasteiger partial charge in [-0.15, -0.1) is 0 Å². The van der Waals surface area contributed by atoms with E-state index < -0.39 is 0 Å². The summed E-state index contributed by atoms with van der Waals surface area (Å²) in [6.07, 6.45) is 4.04. The van der Waals surface area contributed by atoms with Gasteiger partial charge in [-0.2, -0.15) is 0 Å². The van der Waals surface area contributed by atoms with E-state index in [1.165, 1.54) is 16.5 Å². The third kappa shape index (κ3) is 4.75. The number of ketones is 1. The van der Waals surface area contributed by atoms with Gasteiger partial charge in [-0.05, 0) is 82.6 Å². The number of ether oxygens (including phenoxy) is 1. The van der Waals surface area contributed by atoms with Crippen LogP contribution < -0.4 is 14.5 Å². The lowest BCUT2D eigenvalue weighted by Gasteiger charge is -2.22. The zero-order chi connectivity index (χ0) is 26.3. The van der Waals surface area contributed by atoms with Crippen LogP contribution in [0.5, 0.6) is 11.5 Å². The van der Waals surface area contributed by atoms with Crippen molar-refractivity contribution in [2.45, 2.75) is 18.9 Å². The molecule has 2 aliphatic rings. The fraction of sp³-hybridized carbons (Fsp3) is 0.226. The lowest BCUT2D eigenvalue weighted by molar-refractivity contribution is -0.114. The smallest absolute Gasteiger partial charge is 0.162 e. The molecular formula is C31H30N2O4. The lowest BCUT2D eigenvalue weighted by Crippen LogP contribution is -2.19. The number of aromatic hydroxyl groups is 1. The van der Waals surface area contributed by atoms with Crippen LogP contribution in [0.2, 0.25) is 0 Å². The van der Waals surface area contributed by atoms with Crippen molar-refractivity contribution in [2.75, 3.05) is 38.0 Å². The standard InChI is InChI=1S/C18H17NO2.C13H13NO2/c1-19(2)14-4-3-11-7-13-9-15-16(20)5-6-17(15)21-18(13)10-12(11)8-14;1-14(2)12-4-3-9-5-11(8-15)13(16)7-10(9)6-12/h3-4,7-10,17H,5-6H2,1-2H3;3-8,16H,1-2H3. The highest BCUT2D eigenvalue weighted by molar-refractivity contribution is 6.04. The number of phenolic OH excluding ortho intramolecular Hbond substituents is 1. The topological polar surface area (TPSA) is 70.1 Å². The number of carbonyl (C=O) groups is 2. The first kappa shape index (κ1) is 24.4. The first-order valence-electron chi connectivity index (χ1n) is 12.3. The van der Waals surface area contributed by atoms with Gasteiger partial charge in [-0.25, -0.2) is 0 Å². The minimum Gasteiger partial charge on any atom is -0.507 e. The first-order valence-corrected chi connectivity index (χ1v) is 12.3. The van der Waals surface area contributed by atoms with E-state index in [2.05, 4.69) is 35.2 Å². The molecule has 1 heterocycles. The van der Waals surface area contributed by atoms with Crippen LogP contribution in [0.3, 0.4) is 0 Å². The minimum atomic E-state index is -0.0421. The molecule has 1 N–H and O–H groups in total. The summed E-state index contributed by atoms with van der Waals surface area (Å²) in [6, 6.07) is 19.8. The normalized spacial score (nSPS) is 15.7. The number of fused-ring (bicyclic) bond motifs is 4. The first-order chi connectivity index (χ1) is 17.7. The molecule has 4 aromatic carbocycles. The summed E-state index contributed by atoms with van der Waals surface area (Å²) >= 11 is 0. The average molecular weight is 495 g/mol. The molecule has 0 spiro atoms. The van der Waals surface area contributed by atoms with E-state index in [9.17, 15) is 14.7 Å². The largest absolute Gasteiger partial charge is 0.507 e. The molecule has 1 fully saturated rings. The van der Waals surface area contributed by atoms with Gasteiger partial charge in [-0.3, -0.25) is 9.59 Å². The van der Waals surface area contributed by atoms with Crippen molar-refractivity contribution >= 4 is 51.1 Å². The van der Waals surface area contributed by atoms with Gasteiger partial charge in [-0.1, -0.05) is 12.1 Å². The molecule has 0 radical (unpaired) electrons. The number of carbonyl (C=O) groups excluding carboxylic acids is 2. The van der Waals surface area contributed by atoms with Crippen LogP contribution in [0.4, 0.5) is 11.4 Å². The summed E-state index contributed by atoms with van der Waals surface area (Å²) < 4.78 is 6.03. The van der Waals surface area contributed by atoms with Crippen molar-refractivity contribution in [3.63, 3.8) is 0 Å². The highest BCUT2D eigenvalue weighted by Gasteiger charge is 2.33. The van der Waals surface area contributed by atoms with E-state index in [1.807, 2.05) is 57.4 Å². The van der Waals surface area contributed by atoms with Gasteiger partial charge in [0.05, 0.1) is 5.56 Å². The van der Waals surface area contributed by atoms with Crippen molar-refractivity contribution in [3.05, 3.63) is 77.4 Å². The van der Waals surface area contributed by atoms with Gasteiger partial charge in [0, 0.05) is 57.1 Å². The summed E-state index contributed by atoms with van der Waals surface area (Å²) in [6.45, 7) is 0. The number of anilines is 2. The maximum atomic E-state index is 11.8. The lowest BCUT2D eigenvalue weighted by atomic mass is 9.99. The molecule has 1 saturated carbocycles.